The summed E-state index contributed by atoms with van der Waals surface area (Å²) in [6.07, 6.45) is -1.74. The average Bonchev–Trinajstić information content (AvgIpc) is 2.70. The number of hydrogen-bond donors (Lipinski definition) is 0. The van der Waals surface area contributed by atoms with Gasteiger partial charge in [0.1, 0.15) is 24.3 Å². The number of nitrogens with zero attached hydrogens (tertiary/aromatic N) is 3. The third-order valence-electron chi connectivity index (χ3n) is 4.43. The largest absolute Gasteiger partial charge is 0.465 e. The van der Waals surface area contributed by atoms with E-state index in [1.807, 2.05) is 0 Å². The lowest BCUT2D eigenvalue weighted by Gasteiger charge is -2.43. The van der Waals surface area contributed by atoms with E-state index in [9.17, 15) is 14.4 Å². The normalized spacial score (nSPS) is 25.5. The van der Waals surface area contributed by atoms with E-state index in [-0.39, 0.29) is 12.5 Å². The monoisotopic (exact) mass is 437 g/mol. The summed E-state index contributed by atoms with van der Waals surface area (Å²) in [5.74, 6) is -1.91. The van der Waals surface area contributed by atoms with Crippen molar-refractivity contribution in [3.8, 4) is 0 Å². The lowest BCUT2D eigenvalue weighted by molar-refractivity contribution is -0.182. The number of hydrogen-bond acceptors (Lipinski definition) is 9. The zero-order chi connectivity index (χ0) is 22.3. The van der Waals surface area contributed by atoms with Crippen LogP contribution >= 0.6 is 11.8 Å². The summed E-state index contributed by atoms with van der Waals surface area (Å²) in [5, 5.41) is 3.82. The number of rotatable bonds is 7. The van der Waals surface area contributed by atoms with Crippen molar-refractivity contribution >= 4 is 29.7 Å². The van der Waals surface area contributed by atoms with E-state index in [2.05, 4.69) is 10.0 Å². The fraction of sp³-hybridized carbons (Fsp3) is 0.526. The minimum Gasteiger partial charge on any atom is -0.465 e. The summed E-state index contributed by atoms with van der Waals surface area (Å²) >= 11 is 1.31. The van der Waals surface area contributed by atoms with Crippen LogP contribution in [0.1, 0.15) is 31.1 Å². The molecule has 0 amide bonds. The Morgan fingerprint density at radius 1 is 1.27 bits per heavy atom. The highest BCUT2D eigenvalue weighted by Crippen LogP contribution is 2.39. The molecule has 5 atom stereocenters. The first-order valence-electron chi connectivity index (χ1n) is 9.12. The van der Waals surface area contributed by atoms with E-state index < -0.39 is 41.6 Å². The van der Waals surface area contributed by atoms with Crippen molar-refractivity contribution in [2.45, 2.75) is 49.4 Å². The SMILES string of the molecule is COC(=O)c1cccc(S[C@H]2OC(COC(C)=O)[C@H](OC(C)=O)[C@H](N=[N+]=[N-])C2C)c1. The van der Waals surface area contributed by atoms with Crippen LogP contribution in [-0.2, 0) is 28.5 Å². The third-order valence-corrected chi connectivity index (χ3v) is 5.72. The fourth-order valence-electron chi connectivity index (χ4n) is 3.04. The highest BCUT2D eigenvalue weighted by Gasteiger charge is 2.46. The molecule has 0 aliphatic carbocycles. The molecular formula is C19H23N3O7S. The summed E-state index contributed by atoms with van der Waals surface area (Å²) in [7, 11) is 1.30. The smallest absolute Gasteiger partial charge is 0.337 e. The second-order valence-corrected chi connectivity index (χ2v) is 7.78. The molecule has 2 unspecified atom stereocenters. The molecule has 1 aromatic rings. The molecular weight excluding hydrogens is 414 g/mol. The number of carbonyl (C=O) groups is 3. The number of ether oxygens (including phenoxy) is 4. The van der Waals surface area contributed by atoms with Gasteiger partial charge in [-0.15, -0.1) is 0 Å². The Morgan fingerprint density at radius 2 is 2.00 bits per heavy atom. The molecule has 0 saturated carbocycles. The topological polar surface area (TPSA) is 137 Å². The third kappa shape index (κ3) is 6.12. The maximum Gasteiger partial charge on any atom is 0.337 e. The van der Waals surface area contributed by atoms with Gasteiger partial charge in [-0.25, -0.2) is 4.79 Å². The fourth-order valence-corrected chi connectivity index (χ4v) is 4.23. The van der Waals surface area contributed by atoms with Crippen LogP contribution in [0.25, 0.3) is 10.4 Å². The molecule has 1 aromatic carbocycles. The molecule has 0 N–H and O–H groups in total. The molecule has 0 radical (unpaired) electrons. The molecule has 0 aromatic heterocycles. The molecule has 11 heteroatoms. The maximum atomic E-state index is 11.8. The van der Waals surface area contributed by atoms with Gasteiger partial charge in [-0.05, 0) is 23.7 Å². The lowest BCUT2D eigenvalue weighted by atomic mass is 9.91. The first-order valence-corrected chi connectivity index (χ1v) is 10.00. The van der Waals surface area contributed by atoms with Crippen LogP contribution in [0.5, 0.6) is 0 Å². The van der Waals surface area contributed by atoms with Crippen LogP contribution in [0.2, 0.25) is 0 Å². The van der Waals surface area contributed by atoms with Crippen molar-refractivity contribution in [1.82, 2.24) is 0 Å². The van der Waals surface area contributed by atoms with E-state index >= 15 is 0 Å². The first kappa shape index (κ1) is 23.5. The standard InChI is InChI=1S/C19H23N3O7S/c1-10-16(21-22-20)17(28-12(3)24)15(9-27-11(2)23)29-19(10)30-14-7-5-6-13(8-14)18(25)26-4/h5-8,10,15-17,19H,9H2,1-4H3/t10?,15?,16-,17+,19-/m1/s1. The number of carbonyl (C=O) groups excluding carboxylic acids is 3. The predicted molar refractivity (Wildman–Crippen MR) is 107 cm³/mol. The van der Waals surface area contributed by atoms with E-state index in [0.717, 1.165) is 4.90 Å². The molecule has 2 rings (SSSR count). The second-order valence-electron chi connectivity index (χ2n) is 6.61. The summed E-state index contributed by atoms with van der Waals surface area (Å²) in [6.45, 7) is 4.12. The maximum absolute atomic E-state index is 11.8. The Morgan fingerprint density at radius 3 is 2.60 bits per heavy atom. The van der Waals surface area contributed by atoms with Crippen LogP contribution in [0, 0.1) is 5.92 Å². The van der Waals surface area contributed by atoms with Crippen LogP contribution in [0.15, 0.2) is 34.3 Å². The van der Waals surface area contributed by atoms with Crippen molar-refractivity contribution in [1.29, 1.82) is 0 Å². The average molecular weight is 437 g/mol. The summed E-state index contributed by atoms with van der Waals surface area (Å²) in [6, 6.07) is 6.06. The number of azide groups is 1. The molecule has 0 spiro atoms. The Hall–Kier alpha value is -2.75. The number of methoxy groups -OCH3 is 1. The van der Waals surface area contributed by atoms with Crippen molar-refractivity contribution < 1.29 is 33.3 Å². The highest BCUT2D eigenvalue weighted by atomic mass is 32.2. The van der Waals surface area contributed by atoms with Gasteiger partial charge < -0.3 is 18.9 Å². The molecule has 162 valence electrons. The minimum atomic E-state index is -0.911. The lowest BCUT2D eigenvalue weighted by Crippen LogP contribution is -2.55. The molecule has 30 heavy (non-hydrogen) atoms. The minimum absolute atomic E-state index is 0.170. The van der Waals surface area contributed by atoms with E-state index in [4.69, 9.17) is 24.5 Å². The molecule has 1 aliphatic rings. The quantitative estimate of drug-likeness (QED) is 0.209. The number of thioether (sulfide) groups is 1. The van der Waals surface area contributed by atoms with Gasteiger partial charge in [0.05, 0.1) is 18.7 Å². The van der Waals surface area contributed by atoms with Gasteiger partial charge in [-0.3, -0.25) is 9.59 Å². The number of esters is 3. The van der Waals surface area contributed by atoms with Crippen LogP contribution < -0.4 is 0 Å². The van der Waals surface area contributed by atoms with Gasteiger partial charge in [-0.1, -0.05) is 29.9 Å². The highest BCUT2D eigenvalue weighted by molar-refractivity contribution is 7.99. The summed E-state index contributed by atoms with van der Waals surface area (Å²) in [4.78, 5) is 38.3. The van der Waals surface area contributed by atoms with E-state index in [0.29, 0.717) is 5.56 Å². The van der Waals surface area contributed by atoms with E-state index in [1.165, 1.54) is 32.7 Å². The first-order chi connectivity index (χ1) is 14.3. The van der Waals surface area contributed by atoms with Crippen LogP contribution in [0.3, 0.4) is 0 Å². The van der Waals surface area contributed by atoms with Crippen molar-refractivity contribution in [2.24, 2.45) is 11.0 Å². The van der Waals surface area contributed by atoms with Gasteiger partial charge in [0, 0.05) is 29.6 Å². The van der Waals surface area contributed by atoms with Crippen LogP contribution in [0.4, 0.5) is 0 Å². The Balaban J connectivity index is 2.31. The molecule has 1 fully saturated rings. The molecule has 1 aliphatic heterocycles. The molecule has 10 nitrogen and oxygen atoms in total. The van der Waals surface area contributed by atoms with E-state index in [1.54, 1.807) is 31.2 Å². The molecule has 1 saturated heterocycles. The van der Waals surface area contributed by atoms with Gasteiger partial charge in [0.2, 0.25) is 0 Å². The van der Waals surface area contributed by atoms with Gasteiger partial charge in [-0.2, -0.15) is 0 Å². The predicted octanol–water partition coefficient (Wildman–Crippen LogP) is 3.10. The van der Waals surface area contributed by atoms with Crippen molar-refractivity contribution in [3.05, 3.63) is 40.3 Å². The Bertz CT molecular complexity index is 843. The Kier molecular flexibility index (Phi) is 8.52. The summed E-state index contributed by atoms with van der Waals surface area (Å²) in [5.41, 5.74) is 8.88. The van der Waals surface area contributed by atoms with Gasteiger partial charge in [0.25, 0.3) is 0 Å². The van der Waals surface area contributed by atoms with Gasteiger partial charge in [0.15, 0.2) is 0 Å². The van der Waals surface area contributed by atoms with Gasteiger partial charge >= 0.3 is 17.9 Å². The number of benzene rings is 1. The van der Waals surface area contributed by atoms with Crippen molar-refractivity contribution in [2.75, 3.05) is 13.7 Å². The van der Waals surface area contributed by atoms with Crippen LogP contribution in [-0.4, -0.2) is 55.3 Å². The zero-order valence-corrected chi connectivity index (χ0v) is 17.8. The second kappa shape index (κ2) is 10.9. The molecule has 0 bridgehead atoms. The zero-order valence-electron chi connectivity index (χ0n) is 17.0. The summed E-state index contributed by atoms with van der Waals surface area (Å²) < 4.78 is 21.2. The molecule has 1 heterocycles. The van der Waals surface area contributed by atoms with Crippen molar-refractivity contribution in [3.63, 3.8) is 0 Å². The Labute approximate surface area is 177 Å².